The molecule has 0 radical (unpaired) electrons. The molecule has 0 amide bonds. The van der Waals surface area contributed by atoms with Crippen molar-refractivity contribution >= 4 is 11.4 Å². The molecule has 1 aliphatic rings. The van der Waals surface area contributed by atoms with Crippen LogP contribution in [0.25, 0.3) is 0 Å². The highest BCUT2D eigenvalue weighted by Gasteiger charge is 2.14. The summed E-state index contributed by atoms with van der Waals surface area (Å²) in [5, 5.41) is 3.50. The Labute approximate surface area is 91.9 Å². The zero-order valence-electron chi connectivity index (χ0n) is 9.42. The average molecular weight is 204 g/mol. The van der Waals surface area contributed by atoms with Crippen molar-refractivity contribution in [3.8, 4) is 0 Å². The van der Waals surface area contributed by atoms with E-state index in [0.717, 1.165) is 23.7 Å². The Morgan fingerprint density at radius 2 is 2.07 bits per heavy atom. The number of anilines is 2. The van der Waals surface area contributed by atoms with Crippen molar-refractivity contribution in [2.75, 3.05) is 17.6 Å². The molecule has 1 fully saturated rings. The van der Waals surface area contributed by atoms with Gasteiger partial charge >= 0.3 is 0 Å². The van der Waals surface area contributed by atoms with E-state index in [1.165, 1.54) is 31.4 Å². The van der Waals surface area contributed by atoms with Crippen LogP contribution >= 0.6 is 0 Å². The van der Waals surface area contributed by atoms with Gasteiger partial charge in [0.25, 0.3) is 0 Å². The van der Waals surface area contributed by atoms with Crippen LogP contribution in [-0.4, -0.2) is 6.54 Å². The summed E-state index contributed by atoms with van der Waals surface area (Å²) < 4.78 is 0. The minimum absolute atomic E-state index is 0.876. The Morgan fingerprint density at radius 3 is 2.73 bits per heavy atom. The predicted octanol–water partition coefficient (Wildman–Crippen LogP) is 3.18. The molecule has 3 N–H and O–H groups in total. The summed E-state index contributed by atoms with van der Waals surface area (Å²) in [6.45, 7) is 3.17. The third-order valence-corrected chi connectivity index (χ3v) is 3.34. The molecular weight excluding hydrogens is 184 g/mol. The number of hydrogen-bond acceptors (Lipinski definition) is 2. The fourth-order valence-corrected chi connectivity index (χ4v) is 2.26. The largest absolute Gasteiger partial charge is 0.399 e. The van der Waals surface area contributed by atoms with Crippen LogP contribution in [0.4, 0.5) is 11.4 Å². The summed E-state index contributed by atoms with van der Waals surface area (Å²) in [5.41, 5.74) is 9.02. The number of rotatable bonds is 3. The van der Waals surface area contributed by atoms with Crippen LogP contribution in [0.5, 0.6) is 0 Å². The van der Waals surface area contributed by atoms with Gasteiger partial charge in [-0.05, 0) is 49.4 Å². The molecule has 1 saturated carbocycles. The van der Waals surface area contributed by atoms with Gasteiger partial charge in [0, 0.05) is 17.9 Å². The number of aryl methyl sites for hydroxylation is 1. The van der Waals surface area contributed by atoms with E-state index in [-0.39, 0.29) is 0 Å². The van der Waals surface area contributed by atoms with E-state index < -0.39 is 0 Å². The van der Waals surface area contributed by atoms with Crippen molar-refractivity contribution in [3.05, 3.63) is 23.8 Å². The van der Waals surface area contributed by atoms with E-state index >= 15 is 0 Å². The van der Waals surface area contributed by atoms with E-state index in [0.29, 0.717) is 0 Å². The summed E-state index contributed by atoms with van der Waals surface area (Å²) in [6, 6.07) is 6.17. The Bertz CT molecular complexity index is 327. The van der Waals surface area contributed by atoms with E-state index in [1.54, 1.807) is 0 Å². The van der Waals surface area contributed by atoms with Crippen LogP contribution in [0.15, 0.2) is 18.2 Å². The zero-order chi connectivity index (χ0) is 10.7. The Balaban J connectivity index is 1.90. The van der Waals surface area contributed by atoms with Crippen LogP contribution in [0.2, 0.25) is 0 Å². The van der Waals surface area contributed by atoms with E-state index in [2.05, 4.69) is 24.4 Å². The van der Waals surface area contributed by atoms with Crippen LogP contribution < -0.4 is 11.1 Å². The van der Waals surface area contributed by atoms with Gasteiger partial charge in [0.1, 0.15) is 0 Å². The molecule has 0 saturated heterocycles. The number of nitrogens with two attached hydrogens (primary N) is 1. The smallest absolute Gasteiger partial charge is 0.0345 e. The van der Waals surface area contributed by atoms with Gasteiger partial charge in [-0.15, -0.1) is 0 Å². The van der Waals surface area contributed by atoms with Crippen molar-refractivity contribution in [1.82, 2.24) is 0 Å². The molecule has 2 rings (SSSR count). The van der Waals surface area contributed by atoms with Gasteiger partial charge in [0.05, 0.1) is 0 Å². The lowest BCUT2D eigenvalue weighted by Crippen LogP contribution is -2.11. The highest BCUT2D eigenvalue weighted by atomic mass is 14.9. The quantitative estimate of drug-likeness (QED) is 0.742. The monoisotopic (exact) mass is 204 g/mol. The topological polar surface area (TPSA) is 38.0 Å². The van der Waals surface area contributed by atoms with E-state index in [9.17, 15) is 0 Å². The maximum atomic E-state index is 5.78. The summed E-state index contributed by atoms with van der Waals surface area (Å²) in [7, 11) is 0. The van der Waals surface area contributed by atoms with Crippen LogP contribution in [-0.2, 0) is 0 Å². The van der Waals surface area contributed by atoms with Crippen molar-refractivity contribution in [2.24, 2.45) is 5.92 Å². The molecule has 0 spiro atoms. The van der Waals surface area contributed by atoms with Gasteiger partial charge in [0.15, 0.2) is 0 Å². The van der Waals surface area contributed by atoms with Gasteiger partial charge in [0.2, 0.25) is 0 Å². The maximum Gasteiger partial charge on any atom is 0.0345 e. The average Bonchev–Trinajstić information content (AvgIpc) is 2.73. The third-order valence-electron chi connectivity index (χ3n) is 3.34. The number of nitrogen functional groups attached to an aromatic ring is 1. The summed E-state index contributed by atoms with van der Waals surface area (Å²) >= 11 is 0. The SMILES string of the molecule is Cc1cc(NCC2CCCC2)ccc1N. The van der Waals surface area contributed by atoms with Crippen molar-refractivity contribution < 1.29 is 0 Å². The van der Waals surface area contributed by atoms with Gasteiger partial charge in [-0.3, -0.25) is 0 Å². The lowest BCUT2D eigenvalue weighted by Gasteiger charge is -2.12. The molecule has 0 aliphatic heterocycles. The number of hydrogen-bond donors (Lipinski definition) is 2. The van der Waals surface area contributed by atoms with Gasteiger partial charge in [-0.25, -0.2) is 0 Å². The minimum atomic E-state index is 0.876. The molecule has 0 bridgehead atoms. The first kappa shape index (κ1) is 10.3. The normalized spacial score (nSPS) is 16.9. The standard InChI is InChI=1S/C13H20N2/c1-10-8-12(6-7-13(10)14)15-9-11-4-2-3-5-11/h6-8,11,15H,2-5,9,14H2,1H3. The molecule has 82 valence electrons. The molecule has 2 nitrogen and oxygen atoms in total. The minimum Gasteiger partial charge on any atom is -0.399 e. The molecule has 1 aromatic carbocycles. The molecule has 1 aliphatic carbocycles. The van der Waals surface area contributed by atoms with Crippen LogP contribution in [0, 0.1) is 12.8 Å². The molecule has 0 aromatic heterocycles. The molecular formula is C13H20N2. The van der Waals surface area contributed by atoms with Crippen molar-refractivity contribution in [2.45, 2.75) is 32.6 Å². The second kappa shape index (κ2) is 4.56. The number of nitrogens with one attached hydrogen (secondary N) is 1. The second-order valence-electron chi connectivity index (χ2n) is 4.60. The Morgan fingerprint density at radius 1 is 1.33 bits per heavy atom. The van der Waals surface area contributed by atoms with Crippen molar-refractivity contribution in [3.63, 3.8) is 0 Å². The fraction of sp³-hybridized carbons (Fsp3) is 0.538. The van der Waals surface area contributed by atoms with Gasteiger partial charge in [-0.2, -0.15) is 0 Å². The molecule has 0 unspecified atom stereocenters. The first-order valence-electron chi connectivity index (χ1n) is 5.86. The summed E-state index contributed by atoms with van der Waals surface area (Å²) in [5.74, 6) is 0.878. The fourth-order valence-electron chi connectivity index (χ4n) is 2.26. The van der Waals surface area contributed by atoms with E-state index in [1.807, 2.05) is 6.07 Å². The summed E-state index contributed by atoms with van der Waals surface area (Å²) in [6.07, 6.45) is 5.60. The maximum absolute atomic E-state index is 5.78. The molecule has 15 heavy (non-hydrogen) atoms. The first-order chi connectivity index (χ1) is 7.25. The highest BCUT2D eigenvalue weighted by molar-refractivity contribution is 5.56. The predicted molar refractivity (Wildman–Crippen MR) is 66.0 cm³/mol. The van der Waals surface area contributed by atoms with Crippen molar-refractivity contribution in [1.29, 1.82) is 0 Å². The summed E-state index contributed by atoms with van der Waals surface area (Å²) in [4.78, 5) is 0. The molecule has 0 heterocycles. The van der Waals surface area contributed by atoms with Crippen LogP contribution in [0.1, 0.15) is 31.2 Å². The zero-order valence-corrected chi connectivity index (χ0v) is 9.42. The lowest BCUT2D eigenvalue weighted by atomic mass is 10.1. The molecule has 2 heteroatoms. The lowest BCUT2D eigenvalue weighted by molar-refractivity contribution is 0.580. The van der Waals surface area contributed by atoms with Gasteiger partial charge < -0.3 is 11.1 Å². The molecule has 1 aromatic rings. The van der Waals surface area contributed by atoms with Gasteiger partial charge in [-0.1, -0.05) is 12.8 Å². The first-order valence-corrected chi connectivity index (χ1v) is 5.86. The Kier molecular flexibility index (Phi) is 3.14. The Hall–Kier alpha value is -1.18. The second-order valence-corrected chi connectivity index (χ2v) is 4.60. The van der Waals surface area contributed by atoms with Crippen LogP contribution in [0.3, 0.4) is 0 Å². The molecule has 0 atom stereocenters. The third kappa shape index (κ3) is 2.65. The van der Waals surface area contributed by atoms with E-state index in [4.69, 9.17) is 5.73 Å². The number of benzene rings is 1. The highest BCUT2D eigenvalue weighted by Crippen LogP contribution is 2.25.